The lowest BCUT2D eigenvalue weighted by Crippen LogP contribution is -2.41. The minimum absolute atomic E-state index is 0.0643. The van der Waals surface area contributed by atoms with Crippen LogP contribution in [0.15, 0.2) is 24.3 Å². The van der Waals surface area contributed by atoms with Gasteiger partial charge >= 0.3 is 0 Å². The van der Waals surface area contributed by atoms with Crippen molar-refractivity contribution in [1.29, 1.82) is 0 Å². The van der Waals surface area contributed by atoms with Crippen molar-refractivity contribution in [2.75, 3.05) is 24.7 Å². The van der Waals surface area contributed by atoms with Crippen LogP contribution in [0.25, 0.3) is 0 Å². The van der Waals surface area contributed by atoms with Crippen LogP contribution in [0.2, 0.25) is 0 Å². The zero-order valence-corrected chi connectivity index (χ0v) is 12.0. The molecule has 0 heterocycles. The standard InChI is InChI=1S/C15H22FNOS/c16-15-5-2-1-4-14(15)12-10-13(11-12)17-6-9-19-8-3-7-18/h1-2,4-5,12-13,17-18H,3,6-11H2. The molecule has 0 saturated heterocycles. The van der Waals surface area contributed by atoms with Crippen LogP contribution in [-0.4, -0.2) is 35.8 Å². The second kappa shape index (κ2) is 7.88. The summed E-state index contributed by atoms with van der Waals surface area (Å²) < 4.78 is 13.6. The van der Waals surface area contributed by atoms with Crippen molar-refractivity contribution >= 4 is 11.8 Å². The molecule has 0 unspecified atom stereocenters. The van der Waals surface area contributed by atoms with E-state index in [2.05, 4.69) is 5.32 Å². The Morgan fingerprint density at radius 2 is 2.05 bits per heavy atom. The largest absolute Gasteiger partial charge is 0.396 e. The minimum Gasteiger partial charge on any atom is -0.396 e. The van der Waals surface area contributed by atoms with Crippen molar-refractivity contribution in [3.05, 3.63) is 35.6 Å². The van der Waals surface area contributed by atoms with Gasteiger partial charge in [0.2, 0.25) is 0 Å². The molecule has 1 aromatic rings. The van der Waals surface area contributed by atoms with E-state index >= 15 is 0 Å². The summed E-state index contributed by atoms with van der Waals surface area (Å²) in [4.78, 5) is 0. The molecule has 1 aromatic carbocycles. The van der Waals surface area contributed by atoms with Gasteiger partial charge in [0.25, 0.3) is 0 Å². The van der Waals surface area contributed by atoms with Crippen molar-refractivity contribution in [2.24, 2.45) is 0 Å². The smallest absolute Gasteiger partial charge is 0.126 e. The Morgan fingerprint density at radius 1 is 1.26 bits per heavy atom. The van der Waals surface area contributed by atoms with E-state index in [-0.39, 0.29) is 12.4 Å². The van der Waals surface area contributed by atoms with Crippen LogP contribution in [0, 0.1) is 5.82 Å². The van der Waals surface area contributed by atoms with Crippen molar-refractivity contribution in [3.8, 4) is 0 Å². The van der Waals surface area contributed by atoms with Crippen LogP contribution in [0.4, 0.5) is 4.39 Å². The summed E-state index contributed by atoms with van der Waals surface area (Å²) in [5.74, 6) is 2.44. The van der Waals surface area contributed by atoms with Gasteiger partial charge in [-0.05, 0) is 42.6 Å². The van der Waals surface area contributed by atoms with E-state index in [1.807, 2.05) is 23.9 Å². The minimum atomic E-state index is -0.0643. The number of halogens is 1. The van der Waals surface area contributed by atoms with Crippen molar-refractivity contribution in [1.82, 2.24) is 5.32 Å². The molecule has 106 valence electrons. The van der Waals surface area contributed by atoms with Gasteiger partial charge in [0.1, 0.15) is 5.82 Å². The molecule has 1 saturated carbocycles. The monoisotopic (exact) mass is 283 g/mol. The third-order valence-corrected chi connectivity index (χ3v) is 4.68. The molecule has 0 spiro atoms. The van der Waals surface area contributed by atoms with E-state index in [0.29, 0.717) is 12.0 Å². The highest BCUT2D eigenvalue weighted by Gasteiger charge is 2.31. The maximum atomic E-state index is 13.6. The fourth-order valence-corrected chi connectivity index (χ4v) is 3.25. The Morgan fingerprint density at radius 3 is 2.79 bits per heavy atom. The zero-order chi connectivity index (χ0) is 13.5. The third-order valence-electron chi connectivity index (χ3n) is 3.61. The van der Waals surface area contributed by atoms with Crippen molar-refractivity contribution in [2.45, 2.75) is 31.2 Å². The number of nitrogens with one attached hydrogen (secondary N) is 1. The predicted molar refractivity (Wildman–Crippen MR) is 79.2 cm³/mol. The van der Waals surface area contributed by atoms with Gasteiger partial charge in [-0.15, -0.1) is 0 Å². The van der Waals surface area contributed by atoms with Crippen LogP contribution in [0.5, 0.6) is 0 Å². The molecular formula is C15H22FNOS. The van der Waals surface area contributed by atoms with Gasteiger partial charge in [0, 0.05) is 24.9 Å². The molecule has 0 atom stereocenters. The average Bonchev–Trinajstić information content (AvgIpc) is 2.37. The number of hydrogen-bond acceptors (Lipinski definition) is 3. The highest BCUT2D eigenvalue weighted by molar-refractivity contribution is 7.99. The van der Waals surface area contributed by atoms with Gasteiger partial charge < -0.3 is 10.4 Å². The number of aliphatic hydroxyl groups excluding tert-OH is 1. The van der Waals surface area contributed by atoms with E-state index in [1.165, 1.54) is 0 Å². The van der Waals surface area contributed by atoms with E-state index in [9.17, 15) is 4.39 Å². The van der Waals surface area contributed by atoms with Crippen LogP contribution in [-0.2, 0) is 0 Å². The fourth-order valence-electron chi connectivity index (χ4n) is 2.45. The molecule has 1 fully saturated rings. The number of benzene rings is 1. The molecule has 1 aliphatic rings. The number of thioether (sulfide) groups is 1. The summed E-state index contributed by atoms with van der Waals surface area (Å²) in [5.41, 5.74) is 0.873. The van der Waals surface area contributed by atoms with Gasteiger partial charge in [0.05, 0.1) is 0 Å². The molecule has 2 rings (SSSR count). The molecule has 0 aliphatic heterocycles. The SMILES string of the molecule is OCCCSCCNC1CC(c2ccccc2F)C1. The number of hydrogen-bond donors (Lipinski definition) is 2. The lowest BCUT2D eigenvalue weighted by atomic mass is 9.75. The molecular weight excluding hydrogens is 261 g/mol. The maximum Gasteiger partial charge on any atom is 0.126 e. The second-order valence-electron chi connectivity index (χ2n) is 5.03. The Kier molecular flexibility index (Phi) is 6.14. The first-order valence-electron chi connectivity index (χ1n) is 6.97. The molecule has 0 aromatic heterocycles. The van der Waals surface area contributed by atoms with E-state index in [1.54, 1.807) is 12.1 Å². The van der Waals surface area contributed by atoms with Crippen LogP contribution >= 0.6 is 11.8 Å². The molecule has 0 amide bonds. The van der Waals surface area contributed by atoms with Crippen LogP contribution < -0.4 is 5.32 Å². The Bertz CT molecular complexity index is 382. The van der Waals surface area contributed by atoms with Crippen molar-refractivity contribution in [3.63, 3.8) is 0 Å². The Hall–Kier alpha value is -0.580. The van der Waals surface area contributed by atoms with Crippen LogP contribution in [0.1, 0.15) is 30.7 Å². The molecule has 0 radical (unpaired) electrons. The van der Waals surface area contributed by atoms with Crippen molar-refractivity contribution < 1.29 is 9.50 Å². The highest BCUT2D eigenvalue weighted by Crippen LogP contribution is 2.37. The van der Waals surface area contributed by atoms with Gasteiger partial charge in [-0.1, -0.05) is 18.2 Å². The quantitative estimate of drug-likeness (QED) is 0.720. The van der Waals surface area contributed by atoms with Gasteiger partial charge in [-0.3, -0.25) is 0 Å². The number of rotatable bonds is 8. The molecule has 2 N–H and O–H groups in total. The first-order valence-corrected chi connectivity index (χ1v) is 8.13. The Balaban J connectivity index is 1.58. The second-order valence-corrected chi connectivity index (χ2v) is 6.26. The summed E-state index contributed by atoms with van der Waals surface area (Å²) >= 11 is 1.87. The summed E-state index contributed by atoms with van der Waals surface area (Å²) in [6.07, 6.45) is 2.97. The first kappa shape index (κ1) is 14.8. The maximum absolute atomic E-state index is 13.6. The predicted octanol–water partition coefficient (Wildman–Crippen LogP) is 2.78. The van der Waals surface area contributed by atoms with Gasteiger partial charge in [-0.25, -0.2) is 4.39 Å². The van der Waals surface area contributed by atoms with E-state index in [4.69, 9.17) is 5.11 Å². The fraction of sp³-hybridized carbons (Fsp3) is 0.600. The molecule has 0 bridgehead atoms. The third kappa shape index (κ3) is 4.48. The average molecular weight is 283 g/mol. The number of aliphatic hydroxyl groups is 1. The summed E-state index contributed by atoms with van der Waals surface area (Å²) in [6, 6.07) is 7.66. The summed E-state index contributed by atoms with van der Waals surface area (Å²) in [7, 11) is 0. The lowest BCUT2D eigenvalue weighted by molar-refractivity contribution is 0.290. The lowest BCUT2D eigenvalue weighted by Gasteiger charge is -2.36. The first-order chi connectivity index (χ1) is 9.31. The zero-order valence-electron chi connectivity index (χ0n) is 11.1. The van der Waals surface area contributed by atoms with Crippen LogP contribution in [0.3, 0.4) is 0 Å². The summed E-state index contributed by atoms with van der Waals surface area (Å²) in [5, 5.41) is 12.2. The molecule has 1 aliphatic carbocycles. The van der Waals surface area contributed by atoms with Gasteiger partial charge in [0.15, 0.2) is 0 Å². The molecule has 19 heavy (non-hydrogen) atoms. The van der Waals surface area contributed by atoms with E-state index in [0.717, 1.165) is 42.9 Å². The Labute approximate surface area is 118 Å². The highest BCUT2D eigenvalue weighted by atomic mass is 32.2. The summed E-state index contributed by atoms with van der Waals surface area (Å²) in [6.45, 7) is 1.29. The normalized spacial score (nSPS) is 22.2. The molecule has 4 heteroatoms. The molecule has 2 nitrogen and oxygen atoms in total. The van der Waals surface area contributed by atoms with E-state index < -0.39 is 0 Å². The topological polar surface area (TPSA) is 32.3 Å². The van der Waals surface area contributed by atoms with Gasteiger partial charge in [-0.2, -0.15) is 11.8 Å².